The highest BCUT2D eigenvalue weighted by atomic mass is 32.2. The molecule has 3 rings (SSSR count). The molecule has 0 amide bonds. The number of fused-ring (bicyclic) bond motifs is 1. The Morgan fingerprint density at radius 2 is 1.91 bits per heavy atom. The molecular weight excluding hydrogens is 304 g/mol. The van der Waals surface area contributed by atoms with Crippen molar-refractivity contribution in [1.82, 2.24) is 4.90 Å². The Hall–Kier alpha value is -2.28. The van der Waals surface area contributed by atoms with E-state index in [4.69, 9.17) is 24.8 Å². The van der Waals surface area contributed by atoms with Crippen LogP contribution in [0.15, 0.2) is 34.8 Å². The molecule has 2 N–H and O–H groups in total. The minimum absolute atomic E-state index is 0.312. The van der Waals surface area contributed by atoms with Crippen LogP contribution in [0.4, 0.5) is 0 Å². The van der Waals surface area contributed by atoms with Crippen LogP contribution in [0.25, 0.3) is 0 Å². The summed E-state index contributed by atoms with van der Waals surface area (Å²) in [5.41, 5.74) is 4.04. The van der Waals surface area contributed by atoms with Crippen LogP contribution >= 0.6 is 11.8 Å². The molecule has 0 bridgehead atoms. The summed E-state index contributed by atoms with van der Waals surface area (Å²) in [5, 5.41) is 18.0. The molecule has 22 heavy (non-hydrogen) atoms. The van der Waals surface area contributed by atoms with Crippen molar-refractivity contribution < 1.29 is 19.8 Å². The highest BCUT2D eigenvalue weighted by molar-refractivity contribution is 8.16. The Kier molecular flexibility index (Phi) is 4.87. The summed E-state index contributed by atoms with van der Waals surface area (Å²) in [4.78, 5) is 25.2. The van der Waals surface area contributed by atoms with Crippen molar-refractivity contribution in [3.05, 3.63) is 46.5 Å². The predicted octanol–water partition coefficient (Wildman–Crippen LogP) is 2.39. The lowest BCUT2D eigenvalue weighted by Gasteiger charge is -2.12. The molecule has 1 aromatic rings. The van der Waals surface area contributed by atoms with E-state index in [1.165, 1.54) is 16.7 Å². The zero-order valence-electron chi connectivity index (χ0n) is 12.2. The van der Waals surface area contributed by atoms with Gasteiger partial charge in [0.1, 0.15) is 0 Å². The monoisotopic (exact) mass is 320 g/mol. The maximum Gasteiger partial charge on any atom is 0.414 e. The van der Waals surface area contributed by atoms with Gasteiger partial charge in [-0.2, -0.15) is 0 Å². The van der Waals surface area contributed by atoms with Gasteiger partial charge in [-0.05, 0) is 35.9 Å². The first-order valence-corrected chi connectivity index (χ1v) is 7.47. The standard InChI is InChI=1S/C13H14N2S.C2H2O4/c1-9-3-4-11(7-10(9)2)12-8-15-5-6-16-13(15)14-12;3-1(4)2(5)6/h3-7,12H,8H2,1-2H3;(H,3,4)(H,5,6). The van der Waals surface area contributed by atoms with E-state index in [0.717, 1.165) is 11.7 Å². The number of aryl methyl sites for hydroxylation is 2. The number of nitrogens with zero attached hydrogens (tertiary/aromatic N) is 2. The molecule has 0 radical (unpaired) electrons. The van der Waals surface area contributed by atoms with Crippen molar-refractivity contribution in [3.8, 4) is 0 Å². The number of carbonyl (C=O) groups is 2. The lowest BCUT2D eigenvalue weighted by atomic mass is 10.0. The zero-order valence-corrected chi connectivity index (χ0v) is 13.0. The van der Waals surface area contributed by atoms with Gasteiger partial charge in [0.15, 0.2) is 5.17 Å². The maximum atomic E-state index is 9.10. The number of carboxylic acids is 2. The summed E-state index contributed by atoms with van der Waals surface area (Å²) >= 11 is 1.71. The van der Waals surface area contributed by atoms with Crippen molar-refractivity contribution in [2.24, 2.45) is 4.99 Å². The molecule has 0 spiro atoms. The molecule has 2 heterocycles. The molecule has 0 aliphatic carbocycles. The maximum absolute atomic E-state index is 9.10. The molecule has 1 aromatic carbocycles. The Morgan fingerprint density at radius 1 is 1.23 bits per heavy atom. The van der Waals surface area contributed by atoms with Crippen LogP contribution in [0, 0.1) is 13.8 Å². The van der Waals surface area contributed by atoms with Crippen LogP contribution < -0.4 is 0 Å². The molecule has 2 aliphatic rings. The van der Waals surface area contributed by atoms with E-state index in [9.17, 15) is 0 Å². The van der Waals surface area contributed by atoms with Gasteiger partial charge in [0.25, 0.3) is 0 Å². The second-order valence-electron chi connectivity index (χ2n) is 4.94. The molecule has 116 valence electrons. The van der Waals surface area contributed by atoms with Gasteiger partial charge < -0.3 is 15.1 Å². The summed E-state index contributed by atoms with van der Waals surface area (Å²) in [7, 11) is 0. The number of rotatable bonds is 1. The quantitative estimate of drug-likeness (QED) is 0.772. The molecule has 0 saturated heterocycles. The van der Waals surface area contributed by atoms with Crippen molar-refractivity contribution >= 4 is 28.9 Å². The average Bonchev–Trinajstić information content (AvgIpc) is 3.03. The second kappa shape index (κ2) is 6.65. The Balaban J connectivity index is 0.000000254. The average molecular weight is 320 g/mol. The third kappa shape index (κ3) is 3.67. The minimum atomic E-state index is -1.82. The Labute approximate surface area is 132 Å². The highest BCUT2D eigenvalue weighted by Gasteiger charge is 2.27. The third-order valence-corrected chi connectivity index (χ3v) is 4.20. The Morgan fingerprint density at radius 3 is 2.45 bits per heavy atom. The predicted molar refractivity (Wildman–Crippen MR) is 84.8 cm³/mol. The molecule has 1 unspecified atom stereocenters. The van der Waals surface area contributed by atoms with Gasteiger partial charge in [-0.3, -0.25) is 4.99 Å². The summed E-state index contributed by atoms with van der Waals surface area (Å²) in [5.74, 6) is -3.65. The molecule has 2 aliphatic heterocycles. The second-order valence-corrected chi connectivity index (χ2v) is 5.81. The van der Waals surface area contributed by atoms with Crippen LogP contribution in [-0.4, -0.2) is 38.8 Å². The van der Waals surface area contributed by atoms with Crippen molar-refractivity contribution in [3.63, 3.8) is 0 Å². The molecule has 1 atom stereocenters. The molecular formula is C15H16N2O4S. The number of benzene rings is 1. The van der Waals surface area contributed by atoms with Gasteiger partial charge in [-0.25, -0.2) is 9.59 Å². The SMILES string of the molecule is Cc1ccc(C2CN3C=CSC3=N2)cc1C.O=C(O)C(=O)O. The highest BCUT2D eigenvalue weighted by Crippen LogP contribution is 2.33. The van der Waals surface area contributed by atoms with E-state index >= 15 is 0 Å². The fraction of sp³-hybridized carbons (Fsp3) is 0.267. The molecule has 0 fully saturated rings. The van der Waals surface area contributed by atoms with Gasteiger partial charge in [0.05, 0.1) is 12.6 Å². The van der Waals surface area contributed by atoms with Crippen molar-refractivity contribution in [1.29, 1.82) is 0 Å². The fourth-order valence-electron chi connectivity index (χ4n) is 2.05. The summed E-state index contributed by atoms with van der Waals surface area (Å²) in [6, 6.07) is 6.97. The van der Waals surface area contributed by atoms with E-state index in [-0.39, 0.29) is 0 Å². The molecule has 0 aromatic heterocycles. The zero-order chi connectivity index (χ0) is 16.3. The number of amidine groups is 1. The third-order valence-electron chi connectivity index (χ3n) is 3.39. The van der Waals surface area contributed by atoms with Crippen LogP contribution in [0.1, 0.15) is 22.7 Å². The Bertz CT molecular complexity index is 658. The first-order valence-electron chi connectivity index (χ1n) is 6.59. The molecule has 6 nitrogen and oxygen atoms in total. The van der Waals surface area contributed by atoms with E-state index in [1.54, 1.807) is 11.8 Å². The molecule has 0 saturated carbocycles. The van der Waals surface area contributed by atoms with E-state index < -0.39 is 11.9 Å². The van der Waals surface area contributed by atoms with Gasteiger partial charge in [-0.1, -0.05) is 30.0 Å². The normalized spacial score (nSPS) is 18.4. The van der Waals surface area contributed by atoms with Gasteiger partial charge in [0.2, 0.25) is 0 Å². The smallest absolute Gasteiger partial charge is 0.414 e. The topological polar surface area (TPSA) is 90.2 Å². The minimum Gasteiger partial charge on any atom is -0.473 e. The molecule has 7 heteroatoms. The fourth-order valence-corrected chi connectivity index (χ4v) is 2.84. The van der Waals surface area contributed by atoms with Gasteiger partial charge in [-0.15, -0.1) is 0 Å². The van der Waals surface area contributed by atoms with Crippen molar-refractivity contribution in [2.45, 2.75) is 19.9 Å². The van der Waals surface area contributed by atoms with E-state index in [0.29, 0.717) is 6.04 Å². The lowest BCUT2D eigenvalue weighted by molar-refractivity contribution is -0.159. The number of hydrogen-bond acceptors (Lipinski definition) is 5. The lowest BCUT2D eigenvalue weighted by Crippen LogP contribution is -2.16. The summed E-state index contributed by atoms with van der Waals surface area (Å²) < 4.78 is 0. The summed E-state index contributed by atoms with van der Waals surface area (Å²) in [6.07, 6.45) is 2.12. The summed E-state index contributed by atoms with van der Waals surface area (Å²) in [6.45, 7) is 5.30. The number of aliphatic imine (C=N–C) groups is 1. The van der Waals surface area contributed by atoms with Crippen LogP contribution in [0.5, 0.6) is 0 Å². The van der Waals surface area contributed by atoms with Crippen molar-refractivity contribution in [2.75, 3.05) is 6.54 Å². The first-order chi connectivity index (χ1) is 10.4. The first kappa shape index (κ1) is 16.1. The number of hydrogen-bond donors (Lipinski definition) is 2. The largest absolute Gasteiger partial charge is 0.473 e. The van der Waals surface area contributed by atoms with Gasteiger partial charge >= 0.3 is 11.9 Å². The van der Waals surface area contributed by atoms with E-state index in [1.807, 2.05) is 0 Å². The van der Waals surface area contributed by atoms with Crippen LogP contribution in [-0.2, 0) is 9.59 Å². The van der Waals surface area contributed by atoms with Gasteiger partial charge in [0, 0.05) is 6.20 Å². The number of aliphatic carboxylic acids is 2. The number of carboxylic acid groups (broad SMARTS) is 2. The number of thioether (sulfide) groups is 1. The van der Waals surface area contributed by atoms with Crippen LogP contribution in [0.2, 0.25) is 0 Å². The van der Waals surface area contributed by atoms with E-state index in [2.05, 4.69) is 48.6 Å². The van der Waals surface area contributed by atoms with Crippen LogP contribution in [0.3, 0.4) is 0 Å².